The highest BCUT2D eigenvalue weighted by Crippen LogP contribution is 2.18. The van der Waals surface area contributed by atoms with Crippen LogP contribution in [-0.2, 0) is 11.3 Å². The number of ether oxygens (including phenoxy) is 1. The lowest BCUT2D eigenvalue weighted by Gasteiger charge is -2.26. The maximum absolute atomic E-state index is 12.3. The Kier molecular flexibility index (Phi) is 2.84. The van der Waals surface area contributed by atoms with Gasteiger partial charge in [0.2, 0.25) is 0 Å². The monoisotopic (exact) mass is 290 g/mol. The minimum absolute atomic E-state index is 0.0474. The smallest absolute Gasteiger partial charge is 0.431 e. The van der Waals surface area contributed by atoms with Gasteiger partial charge in [-0.05, 0) is 6.07 Å². The van der Waals surface area contributed by atoms with E-state index in [0.29, 0.717) is 14.2 Å². The Morgan fingerprint density at radius 2 is 2.14 bits per heavy atom. The average Bonchev–Trinajstić information content (AvgIpc) is 2.51. The Morgan fingerprint density at radius 1 is 1.43 bits per heavy atom. The van der Waals surface area contributed by atoms with Crippen molar-refractivity contribution in [3.05, 3.63) is 45.8 Å². The van der Waals surface area contributed by atoms with Crippen LogP contribution < -0.4 is 9.85 Å². The van der Waals surface area contributed by atoms with E-state index in [1.54, 1.807) is 12.1 Å². The van der Waals surface area contributed by atoms with E-state index in [1.807, 2.05) is 0 Å². The predicted octanol–water partition coefficient (Wildman–Crippen LogP) is 0.128. The van der Waals surface area contributed by atoms with Crippen LogP contribution in [-0.4, -0.2) is 28.8 Å². The Hall–Kier alpha value is -2.94. The van der Waals surface area contributed by atoms with Crippen LogP contribution in [0.4, 0.5) is 4.79 Å². The zero-order chi connectivity index (χ0) is 15.1. The third kappa shape index (κ3) is 1.75. The number of benzene rings is 1. The lowest BCUT2D eigenvalue weighted by molar-refractivity contribution is -0.469. The van der Waals surface area contributed by atoms with E-state index in [9.17, 15) is 19.7 Å². The topological polar surface area (TPSA) is 110 Å². The summed E-state index contributed by atoms with van der Waals surface area (Å²) in [5.41, 5.74) is 2.20. The standard InChI is InChI=1S/C12H10N4O5/c1-21-12(18)14-11(17)10-9(6-13-14)15(19)7-4-2-3-5-8(7)16(10)20/h2-5,13H,6H2,1H3. The third-order valence-electron chi connectivity index (χ3n) is 3.21. The first-order valence-corrected chi connectivity index (χ1v) is 5.99. The van der Waals surface area contributed by atoms with Crippen LogP contribution in [0.3, 0.4) is 0 Å². The number of aromatic nitrogens is 2. The van der Waals surface area contributed by atoms with Crippen LogP contribution in [0, 0.1) is 10.1 Å². The molecule has 0 saturated heterocycles. The minimum atomic E-state index is -0.962. The number of rotatable bonds is 0. The van der Waals surface area contributed by atoms with E-state index in [4.69, 9.17) is 0 Å². The molecule has 1 aliphatic heterocycles. The third-order valence-corrected chi connectivity index (χ3v) is 3.21. The Bertz CT molecular complexity index is 828. The maximum atomic E-state index is 12.3. The molecule has 0 unspecified atom stereocenters. The predicted molar refractivity (Wildman–Crippen MR) is 69.5 cm³/mol. The van der Waals surface area contributed by atoms with Gasteiger partial charge in [0.25, 0.3) is 5.52 Å². The second-order valence-corrected chi connectivity index (χ2v) is 4.32. The van der Waals surface area contributed by atoms with Crippen molar-refractivity contribution in [2.75, 3.05) is 7.11 Å². The SMILES string of the molecule is COC(=O)N1NCc2c([n+](=O)c3ccccc3n2[O-])C1=O. The number of nitrogens with zero attached hydrogens (tertiary/aromatic N) is 3. The highest BCUT2D eigenvalue weighted by Gasteiger charge is 2.40. The van der Waals surface area contributed by atoms with Gasteiger partial charge in [0.05, 0.1) is 18.1 Å². The number of hydrazine groups is 1. The fourth-order valence-corrected chi connectivity index (χ4v) is 2.22. The lowest BCUT2D eigenvalue weighted by atomic mass is 10.2. The van der Waals surface area contributed by atoms with Gasteiger partial charge in [-0.1, -0.05) is 12.1 Å². The molecule has 2 amide bonds. The van der Waals surface area contributed by atoms with Gasteiger partial charge in [0, 0.05) is 11.0 Å². The molecule has 0 atom stereocenters. The van der Waals surface area contributed by atoms with Crippen molar-refractivity contribution in [1.29, 1.82) is 0 Å². The van der Waals surface area contributed by atoms with Crippen molar-refractivity contribution in [2.45, 2.75) is 6.54 Å². The quantitative estimate of drug-likeness (QED) is 0.690. The first-order chi connectivity index (χ1) is 10.1. The van der Waals surface area contributed by atoms with Crippen molar-refractivity contribution < 1.29 is 18.8 Å². The lowest BCUT2D eigenvalue weighted by Crippen LogP contribution is -2.54. The number of hydrogen-bond acceptors (Lipinski definition) is 6. The summed E-state index contributed by atoms with van der Waals surface area (Å²) in [4.78, 5) is 36.0. The molecular formula is C12H10N4O5. The number of hydrogen-bond donors (Lipinski definition) is 1. The summed E-state index contributed by atoms with van der Waals surface area (Å²) < 4.78 is 5.31. The number of methoxy groups -OCH3 is 1. The molecule has 0 aliphatic carbocycles. The zero-order valence-corrected chi connectivity index (χ0v) is 10.9. The molecule has 2 heterocycles. The highest BCUT2D eigenvalue weighted by molar-refractivity contribution is 6.02. The number of nitrogens with one attached hydrogen (secondary N) is 1. The van der Waals surface area contributed by atoms with Gasteiger partial charge in [-0.15, -0.1) is 0 Å². The second kappa shape index (κ2) is 4.56. The van der Waals surface area contributed by atoms with E-state index in [0.717, 1.165) is 7.11 Å². The van der Waals surface area contributed by atoms with Crippen LogP contribution in [0.15, 0.2) is 24.3 Å². The molecule has 0 spiro atoms. The largest absolute Gasteiger partial charge is 0.805 e. The van der Waals surface area contributed by atoms with Gasteiger partial charge >= 0.3 is 17.7 Å². The fourth-order valence-electron chi connectivity index (χ4n) is 2.22. The molecule has 1 N–H and O–H groups in total. The molecule has 21 heavy (non-hydrogen) atoms. The molecule has 3 rings (SSSR count). The average molecular weight is 290 g/mol. The summed E-state index contributed by atoms with van der Waals surface area (Å²) in [5, 5.41) is 12.8. The molecule has 2 aromatic rings. The van der Waals surface area contributed by atoms with Gasteiger partial charge in [-0.25, -0.2) is 10.2 Å². The van der Waals surface area contributed by atoms with Crippen molar-refractivity contribution >= 4 is 23.0 Å². The molecule has 0 saturated carbocycles. The van der Waals surface area contributed by atoms with Gasteiger partial charge in [-0.2, -0.15) is 5.01 Å². The molecule has 108 valence electrons. The van der Waals surface area contributed by atoms with Gasteiger partial charge in [0.1, 0.15) is 11.2 Å². The molecule has 1 aromatic heterocycles. The van der Waals surface area contributed by atoms with Gasteiger partial charge in [0.15, 0.2) is 0 Å². The Balaban J connectivity index is 2.29. The fraction of sp³-hybridized carbons (Fsp3) is 0.167. The minimum Gasteiger partial charge on any atom is -0.805 e. The van der Waals surface area contributed by atoms with Crippen molar-refractivity contribution in [2.24, 2.45) is 0 Å². The first kappa shape index (κ1) is 13.1. The summed E-state index contributed by atoms with van der Waals surface area (Å²) in [6, 6.07) is 6.09. The normalized spacial score (nSPS) is 14.1. The Morgan fingerprint density at radius 3 is 2.86 bits per heavy atom. The van der Waals surface area contributed by atoms with E-state index in [2.05, 4.69) is 10.2 Å². The number of para-hydroxylation sites is 2. The van der Waals surface area contributed by atoms with Crippen LogP contribution in [0.5, 0.6) is 0 Å². The van der Waals surface area contributed by atoms with E-state index >= 15 is 0 Å². The molecular weight excluding hydrogens is 280 g/mol. The number of carbonyl (C=O) groups excluding carboxylic acids is 2. The van der Waals surface area contributed by atoms with E-state index in [1.165, 1.54) is 12.1 Å². The summed E-state index contributed by atoms with van der Waals surface area (Å²) in [5.74, 6) is -0.937. The molecule has 1 aromatic carbocycles. The van der Waals surface area contributed by atoms with Gasteiger partial charge in [-0.3, -0.25) is 4.79 Å². The molecule has 0 fully saturated rings. The molecule has 0 radical (unpaired) electrons. The van der Waals surface area contributed by atoms with Crippen molar-refractivity contribution in [3.8, 4) is 0 Å². The maximum Gasteiger partial charge on any atom is 0.431 e. The van der Waals surface area contributed by atoms with Crippen LogP contribution in [0.2, 0.25) is 0 Å². The van der Waals surface area contributed by atoms with E-state index < -0.39 is 17.7 Å². The van der Waals surface area contributed by atoms with E-state index in [-0.39, 0.29) is 23.3 Å². The zero-order valence-electron chi connectivity index (χ0n) is 10.9. The Labute approximate surface area is 117 Å². The van der Waals surface area contributed by atoms with Crippen LogP contribution in [0.1, 0.15) is 16.2 Å². The highest BCUT2D eigenvalue weighted by atomic mass is 16.5. The van der Waals surface area contributed by atoms with Crippen molar-refractivity contribution in [1.82, 2.24) is 15.2 Å². The van der Waals surface area contributed by atoms with Crippen LogP contribution in [0.25, 0.3) is 11.0 Å². The second-order valence-electron chi connectivity index (χ2n) is 4.32. The molecule has 9 heteroatoms. The summed E-state index contributed by atoms with van der Waals surface area (Å²) >= 11 is 0. The number of amides is 2. The van der Waals surface area contributed by atoms with Gasteiger partial charge < -0.3 is 14.7 Å². The number of carbonyl (C=O) groups is 2. The number of imide groups is 1. The van der Waals surface area contributed by atoms with Crippen LogP contribution >= 0.6 is 0 Å². The summed E-state index contributed by atoms with van der Waals surface area (Å²) in [6.07, 6.45) is -0.962. The molecule has 0 bridgehead atoms. The summed E-state index contributed by atoms with van der Waals surface area (Å²) in [6.45, 7) is -0.146. The summed E-state index contributed by atoms with van der Waals surface area (Å²) in [7, 11) is 1.10. The van der Waals surface area contributed by atoms with Crippen molar-refractivity contribution in [3.63, 3.8) is 0 Å². The number of fused-ring (bicyclic) bond motifs is 2. The first-order valence-electron chi connectivity index (χ1n) is 5.99. The molecule has 1 aliphatic rings. The molecule has 9 nitrogen and oxygen atoms in total.